The first-order valence-electron chi connectivity index (χ1n) is 10.8. The number of hydrogen-bond donors (Lipinski definition) is 2. The van der Waals surface area contributed by atoms with Gasteiger partial charge in [0.15, 0.2) is 0 Å². The van der Waals surface area contributed by atoms with E-state index in [-0.39, 0.29) is 42.9 Å². The summed E-state index contributed by atoms with van der Waals surface area (Å²) in [6.07, 6.45) is 6.34. The largest absolute Gasteiger partial charge is 0.497 e. The molecule has 0 unspecified atom stereocenters. The number of rotatable bonds is 11. The highest BCUT2D eigenvalue weighted by Crippen LogP contribution is 2.31. The summed E-state index contributed by atoms with van der Waals surface area (Å²) < 4.78 is 43.4. The van der Waals surface area contributed by atoms with E-state index in [0.29, 0.717) is 17.7 Å². The summed E-state index contributed by atoms with van der Waals surface area (Å²) in [7, 11) is -2.42. The fraction of sp³-hybridized carbons (Fsp3) is 0.320. The lowest BCUT2D eigenvalue weighted by atomic mass is 9.92. The number of sulfonamides is 1. The molecule has 2 atom stereocenters. The van der Waals surface area contributed by atoms with Crippen molar-refractivity contribution < 1.29 is 37.6 Å². The van der Waals surface area contributed by atoms with Gasteiger partial charge in [-0.3, -0.25) is 0 Å². The Morgan fingerprint density at radius 3 is 2.43 bits per heavy atom. The number of ether oxygens (including phenoxy) is 3. The van der Waals surface area contributed by atoms with Gasteiger partial charge in [0, 0.05) is 31.0 Å². The van der Waals surface area contributed by atoms with E-state index < -0.39 is 22.3 Å². The van der Waals surface area contributed by atoms with Crippen LogP contribution < -0.4 is 4.74 Å². The van der Waals surface area contributed by atoms with Crippen LogP contribution in [-0.2, 0) is 24.3 Å². The zero-order chi connectivity index (χ0) is 25.4. The van der Waals surface area contributed by atoms with Gasteiger partial charge in [0.2, 0.25) is 22.1 Å². The predicted octanol–water partition coefficient (Wildman–Crippen LogP) is 2.17. The average molecular weight is 502 g/mol. The molecular formula is C25H27NO8S. The molecule has 0 amide bonds. The van der Waals surface area contributed by atoms with Gasteiger partial charge in [-0.05, 0) is 48.0 Å². The Balaban J connectivity index is 1.68. The molecule has 0 saturated carbocycles. The third kappa shape index (κ3) is 6.61. The second-order valence-corrected chi connectivity index (χ2v) is 9.60. The van der Waals surface area contributed by atoms with Crippen LogP contribution in [0.5, 0.6) is 5.75 Å². The van der Waals surface area contributed by atoms with Crippen LogP contribution >= 0.6 is 0 Å². The molecule has 1 aliphatic rings. The van der Waals surface area contributed by atoms with Gasteiger partial charge in [-0.25, -0.2) is 13.2 Å². The van der Waals surface area contributed by atoms with Crippen molar-refractivity contribution in [3.63, 3.8) is 0 Å². The lowest BCUT2D eigenvalue weighted by Gasteiger charge is -2.29. The van der Waals surface area contributed by atoms with Crippen LogP contribution in [0.1, 0.15) is 23.5 Å². The topological polar surface area (TPSA) is 123 Å². The van der Waals surface area contributed by atoms with Gasteiger partial charge < -0.3 is 24.4 Å². The van der Waals surface area contributed by atoms with Crippen molar-refractivity contribution in [2.45, 2.75) is 23.5 Å². The normalized spacial score (nSPS) is 17.8. The summed E-state index contributed by atoms with van der Waals surface area (Å²) in [6, 6.07) is 13.1. The Morgan fingerprint density at radius 2 is 1.86 bits per heavy atom. The molecule has 0 aromatic heterocycles. The minimum Gasteiger partial charge on any atom is -0.497 e. The summed E-state index contributed by atoms with van der Waals surface area (Å²) in [4.78, 5) is 11.6. The minimum absolute atomic E-state index is 0.0484. The van der Waals surface area contributed by atoms with Gasteiger partial charge >= 0.3 is 5.97 Å². The molecule has 35 heavy (non-hydrogen) atoms. The van der Waals surface area contributed by atoms with E-state index >= 15 is 0 Å². The number of aliphatic hydroxyl groups excluding tert-OH is 1. The van der Waals surface area contributed by atoms with Gasteiger partial charge in [0.05, 0.1) is 25.2 Å². The van der Waals surface area contributed by atoms with Crippen LogP contribution in [0.4, 0.5) is 0 Å². The fourth-order valence-corrected chi connectivity index (χ4v) is 5.03. The second kappa shape index (κ2) is 11.9. The highest BCUT2D eigenvalue weighted by atomic mass is 32.2. The molecule has 0 spiro atoms. The third-order valence-corrected chi connectivity index (χ3v) is 7.38. The van der Waals surface area contributed by atoms with E-state index in [1.807, 2.05) is 12.1 Å². The van der Waals surface area contributed by atoms with Crippen molar-refractivity contribution in [2.75, 3.05) is 33.4 Å². The van der Waals surface area contributed by atoms with Gasteiger partial charge in [0.1, 0.15) is 5.75 Å². The molecule has 10 heteroatoms. The predicted molar refractivity (Wildman–Crippen MR) is 127 cm³/mol. The number of nitrogens with zero attached hydrogens (tertiary/aromatic N) is 1. The van der Waals surface area contributed by atoms with Crippen molar-refractivity contribution in [3.8, 4) is 18.1 Å². The Hall–Kier alpha value is -3.36. The fourth-order valence-electron chi connectivity index (χ4n) is 3.62. The molecule has 186 valence electrons. The minimum atomic E-state index is -3.90. The Kier molecular flexibility index (Phi) is 8.89. The highest BCUT2D eigenvalue weighted by Gasteiger charge is 2.30. The maximum atomic E-state index is 13.0. The zero-order valence-corrected chi connectivity index (χ0v) is 20.0. The van der Waals surface area contributed by atoms with Gasteiger partial charge in [-0.15, -0.1) is 6.42 Å². The average Bonchev–Trinajstić information content (AvgIpc) is 2.88. The van der Waals surface area contributed by atoms with Crippen molar-refractivity contribution >= 4 is 16.0 Å². The zero-order valence-electron chi connectivity index (χ0n) is 19.2. The number of carbonyl (C=O) groups is 1. The van der Waals surface area contributed by atoms with Gasteiger partial charge in [-0.2, -0.15) is 4.31 Å². The smallest absolute Gasteiger partial charge is 0.370 e. The molecule has 3 rings (SSSR count). The molecule has 0 bridgehead atoms. The van der Waals surface area contributed by atoms with Crippen molar-refractivity contribution in [1.29, 1.82) is 0 Å². The van der Waals surface area contributed by atoms with Crippen LogP contribution in [0, 0.1) is 12.3 Å². The number of aliphatic carboxylic acids is 1. The van der Waals surface area contributed by atoms with Crippen molar-refractivity contribution in [3.05, 3.63) is 71.5 Å². The van der Waals surface area contributed by atoms with Gasteiger partial charge in [0.25, 0.3) is 0 Å². The quantitative estimate of drug-likeness (QED) is 0.449. The monoisotopic (exact) mass is 501 g/mol. The molecule has 1 aliphatic heterocycles. The first-order chi connectivity index (χ1) is 16.8. The number of carboxylic acids is 1. The van der Waals surface area contributed by atoms with E-state index in [4.69, 9.17) is 20.6 Å². The molecule has 9 nitrogen and oxygen atoms in total. The number of carboxylic acid groups (broad SMARTS) is 1. The molecule has 0 aliphatic carbocycles. The maximum Gasteiger partial charge on any atom is 0.370 e. The van der Waals surface area contributed by atoms with Crippen LogP contribution in [0.15, 0.2) is 65.3 Å². The first-order valence-corrected chi connectivity index (χ1v) is 12.3. The lowest BCUT2D eigenvalue weighted by Crippen LogP contribution is -2.37. The number of methoxy groups -OCH3 is 1. The van der Waals surface area contributed by atoms with Crippen LogP contribution in [-0.4, -0.2) is 68.6 Å². The molecule has 2 aromatic rings. The highest BCUT2D eigenvalue weighted by molar-refractivity contribution is 7.89. The van der Waals surface area contributed by atoms with Crippen molar-refractivity contribution in [2.24, 2.45) is 0 Å². The molecular weight excluding hydrogens is 474 g/mol. The number of benzene rings is 2. The van der Waals surface area contributed by atoms with Crippen LogP contribution in [0.2, 0.25) is 0 Å². The maximum absolute atomic E-state index is 13.0. The molecule has 0 saturated heterocycles. The van der Waals surface area contributed by atoms with E-state index in [0.717, 1.165) is 9.87 Å². The Bertz CT molecular complexity index is 1180. The number of allylic oxidation sites excluding steroid dienone is 1. The third-order valence-electron chi connectivity index (χ3n) is 5.46. The SMILES string of the molecule is C#Cc1ccc([C@H]2C=C(C(=O)O)O[C@@H](OCCN(CCO)S(=O)(=O)c3ccc(OC)cc3)C2)cc1. The summed E-state index contributed by atoms with van der Waals surface area (Å²) >= 11 is 0. The standard InChI is InChI=1S/C25H27NO8S/c1-3-18-4-6-19(7-5-18)20-16-23(25(28)29)34-24(17-20)33-15-13-26(12-14-27)35(30,31)22-10-8-21(32-2)9-11-22/h1,4-11,16,20,24,27H,12-15,17H2,2H3,(H,28,29)/t20-,24+/m0/s1. The molecule has 0 radical (unpaired) electrons. The summed E-state index contributed by atoms with van der Waals surface area (Å²) in [5, 5.41) is 18.9. The lowest BCUT2D eigenvalue weighted by molar-refractivity contribution is -0.157. The molecule has 2 aromatic carbocycles. The van der Waals surface area contributed by atoms with E-state index in [1.165, 1.54) is 37.5 Å². The molecule has 2 N–H and O–H groups in total. The van der Waals surface area contributed by atoms with Crippen LogP contribution in [0.3, 0.4) is 0 Å². The second-order valence-electron chi connectivity index (χ2n) is 7.67. The number of terminal acetylenes is 1. The summed E-state index contributed by atoms with van der Waals surface area (Å²) in [5.41, 5.74) is 1.56. The molecule has 0 fully saturated rings. The first kappa shape index (κ1) is 26.2. The summed E-state index contributed by atoms with van der Waals surface area (Å²) in [5.74, 6) is 1.29. The Labute approximate surface area is 204 Å². The van der Waals surface area contributed by atoms with E-state index in [9.17, 15) is 23.4 Å². The van der Waals surface area contributed by atoms with Gasteiger partial charge in [-0.1, -0.05) is 18.1 Å². The van der Waals surface area contributed by atoms with Crippen LogP contribution in [0.25, 0.3) is 0 Å². The number of hydrogen-bond acceptors (Lipinski definition) is 7. The van der Waals surface area contributed by atoms with E-state index in [1.54, 1.807) is 12.1 Å². The van der Waals surface area contributed by atoms with E-state index in [2.05, 4.69) is 5.92 Å². The Morgan fingerprint density at radius 1 is 1.17 bits per heavy atom. The number of aliphatic hydroxyl groups is 1. The summed E-state index contributed by atoms with van der Waals surface area (Å²) in [6.45, 7) is -0.650. The van der Waals surface area contributed by atoms with Crippen molar-refractivity contribution in [1.82, 2.24) is 4.31 Å². The molecule has 1 heterocycles.